The normalized spacial score (nSPS) is 14.3. The Hall–Kier alpha value is -1.82. The minimum Gasteiger partial charge on any atom is -0.284 e. The van der Waals surface area contributed by atoms with E-state index < -0.39 is 0 Å². The molecule has 0 radical (unpaired) electrons. The minimum atomic E-state index is -0.180. The van der Waals surface area contributed by atoms with Crippen molar-refractivity contribution in [2.75, 3.05) is 11.1 Å². The number of aromatic nitrogens is 2. The zero-order valence-corrected chi connectivity index (χ0v) is 13.6. The van der Waals surface area contributed by atoms with Gasteiger partial charge in [-0.3, -0.25) is 14.6 Å². The van der Waals surface area contributed by atoms with Crippen molar-refractivity contribution in [3.8, 4) is 0 Å². The quantitative estimate of drug-likeness (QED) is 0.656. The summed E-state index contributed by atoms with van der Waals surface area (Å²) in [6.45, 7) is 4.10. The van der Waals surface area contributed by atoms with Gasteiger partial charge in [0.05, 0.1) is 0 Å². The molecular weight excluding hydrogens is 298 g/mol. The van der Waals surface area contributed by atoms with Gasteiger partial charge in [0.25, 0.3) is 5.91 Å². The summed E-state index contributed by atoms with van der Waals surface area (Å²) in [5.74, 6) is 2.09. The average molecular weight is 318 g/mol. The molecule has 0 saturated heterocycles. The van der Waals surface area contributed by atoms with E-state index in [9.17, 15) is 4.79 Å². The van der Waals surface area contributed by atoms with Crippen LogP contribution >= 0.6 is 11.8 Å². The number of amides is 1. The van der Waals surface area contributed by atoms with Gasteiger partial charge < -0.3 is 0 Å². The highest BCUT2D eigenvalue weighted by Crippen LogP contribution is 2.36. The van der Waals surface area contributed by atoms with Crippen LogP contribution in [0.4, 0.5) is 5.88 Å². The molecule has 1 saturated carbocycles. The highest BCUT2D eigenvalue weighted by atomic mass is 32.2. The highest BCUT2D eigenvalue weighted by molar-refractivity contribution is 7.99. The lowest BCUT2D eigenvalue weighted by Gasteiger charge is -2.02. The molecule has 1 aliphatic carbocycles. The number of carbonyl (C=O) groups excluding carboxylic acids is 1. The topological polar surface area (TPSA) is 59.0 Å². The number of thioether (sulfide) groups is 1. The summed E-state index contributed by atoms with van der Waals surface area (Å²) in [5, 5.41) is 7.80. The van der Waals surface area contributed by atoms with Gasteiger partial charge in [0.2, 0.25) is 5.27 Å². The number of hydrogen-bond donors (Lipinski definition) is 1. The van der Waals surface area contributed by atoms with E-state index in [0.717, 1.165) is 16.7 Å². The van der Waals surface area contributed by atoms with E-state index in [1.807, 2.05) is 36.7 Å². The summed E-state index contributed by atoms with van der Waals surface area (Å²) in [6, 6.07) is 9.30. The Labute approximate surface area is 134 Å². The van der Waals surface area contributed by atoms with Crippen LogP contribution in [0, 0.1) is 5.92 Å². The van der Waals surface area contributed by atoms with Crippen molar-refractivity contribution >= 4 is 23.6 Å². The van der Waals surface area contributed by atoms with Crippen LogP contribution in [0.1, 0.15) is 43.1 Å². The zero-order valence-electron chi connectivity index (χ0n) is 12.8. The third-order valence-corrected chi connectivity index (χ3v) is 4.81. The van der Waals surface area contributed by atoms with Crippen molar-refractivity contribution < 1.29 is 14.0 Å². The Morgan fingerprint density at radius 3 is 2.77 bits per heavy atom. The van der Waals surface area contributed by atoms with E-state index in [1.165, 1.54) is 12.8 Å². The largest absolute Gasteiger partial charge is 0.332 e. The number of anilines is 1. The second-order valence-electron chi connectivity index (χ2n) is 5.82. The van der Waals surface area contributed by atoms with Crippen molar-refractivity contribution in [2.45, 2.75) is 37.8 Å². The molecule has 1 fully saturated rings. The lowest BCUT2D eigenvalue weighted by atomic mass is 10.2. The fraction of sp³-hybridized carbons (Fsp3) is 0.438. The van der Waals surface area contributed by atoms with Crippen LogP contribution in [0.3, 0.4) is 0 Å². The van der Waals surface area contributed by atoms with E-state index >= 15 is 0 Å². The van der Waals surface area contributed by atoms with Crippen molar-refractivity contribution in [1.82, 2.24) is 5.27 Å². The molecule has 1 aromatic carbocycles. The molecule has 0 spiro atoms. The molecule has 6 heteroatoms. The molecule has 5 nitrogen and oxygen atoms in total. The van der Waals surface area contributed by atoms with E-state index in [-0.39, 0.29) is 11.9 Å². The number of rotatable bonds is 6. The van der Waals surface area contributed by atoms with E-state index in [1.54, 1.807) is 23.9 Å². The maximum absolute atomic E-state index is 12.3. The first-order valence-corrected chi connectivity index (χ1v) is 8.54. The van der Waals surface area contributed by atoms with Gasteiger partial charge in [-0.15, -0.1) is 0 Å². The highest BCUT2D eigenvalue weighted by Gasteiger charge is 2.31. The Kier molecular flexibility index (Phi) is 4.47. The van der Waals surface area contributed by atoms with Crippen molar-refractivity contribution in [2.24, 2.45) is 5.92 Å². The first-order chi connectivity index (χ1) is 10.6. The van der Waals surface area contributed by atoms with Crippen LogP contribution in [-0.2, 0) is 0 Å². The summed E-state index contributed by atoms with van der Waals surface area (Å²) < 4.78 is 7.19. The molecule has 2 aromatic rings. The number of hydrogen-bond acceptors (Lipinski definition) is 4. The molecule has 22 heavy (non-hydrogen) atoms. The number of carbonyl (C=O) groups is 1. The third-order valence-electron chi connectivity index (χ3n) is 3.53. The lowest BCUT2D eigenvalue weighted by molar-refractivity contribution is -0.809. The van der Waals surface area contributed by atoms with Gasteiger partial charge in [0.1, 0.15) is 0 Å². The van der Waals surface area contributed by atoms with Crippen LogP contribution < -0.4 is 10.00 Å². The minimum absolute atomic E-state index is 0.180. The van der Waals surface area contributed by atoms with Gasteiger partial charge in [-0.25, -0.2) is 0 Å². The van der Waals surface area contributed by atoms with Gasteiger partial charge in [-0.05, 0) is 47.3 Å². The second-order valence-corrected chi connectivity index (χ2v) is 6.83. The molecule has 0 atom stereocenters. The Balaban J connectivity index is 1.78. The summed E-state index contributed by atoms with van der Waals surface area (Å²) in [5.41, 5.74) is 0.605. The molecule has 1 aliphatic rings. The molecule has 1 N–H and O–H groups in total. The third kappa shape index (κ3) is 3.50. The first kappa shape index (κ1) is 15.1. The molecule has 0 aliphatic heterocycles. The van der Waals surface area contributed by atoms with Gasteiger partial charge in [0.15, 0.2) is 6.04 Å². The predicted octanol–water partition coefficient (Wildman–Crippen LogP) is 3.30. The Morgan fingerprint density at radius 1 is 1.41 bits per heavy atom. The van der Waals surface area contributed by atoms with Crippen LogP contribution in [0.15, 0.2) is 39.9 Å². The summed E-state index contributed by atoms with van der Waals surface area (Å²) >= 11 is 1.71. The number of nitrogens with zero attached hydrogens (tertiary/aromatic N) is 2. The summed E-state index contributed by atoms with van der Waals surface area (Å²) in [6.07, 6.45) is 2.59. The molecule has 116 valence electrons. The summed E-state index contributed by atoms with van der Waals surface area (Å²) in [4.78, 5) is 12.3. The monoisotopic (exact) mass is 318 g/mol. The lowest BCUT2D eigenvalue weighted by Crippen LogP contribution is -2.40. The molecule has 1 heterocycles. The molecule has 0 unspecified atom stereocenters. The SMILES string of the molecule is CC(C)[n+]1noc(NC(=O)c2ccccc2)c1SCC1CC1. The van der Waals surface area contributed by atoms with Crippen LogP contribution in [0.25, 0.3) is 0 Å². The van der Waals surface area contributed by atoms with Gasteiger partial charge in [0, 0.05) is 25.2 Å². The van der Waals surface area contributed by atoms with Gasteiger partial charge in [-0.2, -0.15) is 0 Å². The Morgan fingerprint density at radius 2 is 2.14 bits per heavy atom. The Bertz CT molecular complexity index is 651. The number of benzene rings is 1. The molecule has 0 bridgehead atoms. The van der Waals surface area contributed by atoms with Gasteiger partial charge in [-0.1, -0.05) is 18.2 Å². The zero-order chi connectivity index (χ0) is 15.5. The molecular formula is C16H20N3O2S+. The molecule has 1 aromatic heterocycles. The van der Waals surface area contributed by atoms with E-state index in [2.05, 4.69) is 10.6 Å². The smallest absolute Gasteiger partial charge is 0.284 e. The second kappa shape index (κ2) is 6.52. The van der Waals surface area contributed by atoms with Crippen LogP contribution in [-0.4, -0.2) is 16.9 Å². The maximum Gasteiger partial charge on any atom is 0.332 e. The number of nitrogens with one attached hydrogen (secondary N) is 1. The van der Waals surface area contributed by atoms with Crippen molar-refractivity contribution in [3.05, 3.63) is 35.9 Å². The fourth-order valence-corrected chi connectivity index (χ4v) is 3.37. The van der Waals surface area contributed by atoms with E-state index in [4.69, 9.17) is 4.52 Å². The maximum atomic E-state index is 12.3. The first-order valence-electron chi connectivity index (χ1n) is 7.56. The molecule has 1 amide bonds. The summed E-state index contributed by atoms with van der Waals surface area (Å²) in [7, 11) is 0. The average Bonchev–Trinajstić information content (AvgIpc) is 3.26. The standard InChI is InChI=1S/C16H19N3O2S/c1-11(2)19-16(22-10-12-8-9-12)15(21-18-19)17-14(20)13-6-4-3-5-7-13/h3-7,11-12H,8-10H2,1-2H3/p+1. The molecule has 3 rings (SSSR count). The predicted molar refractivity (Wildman–Crippen MR) is 84.9 cm³/mol. The van der Waals surface area contributed by atoms with Crippen molar-refractivity contribution in [1.29, 1.82) is 0 Å². The van der Waals surface area contributed by atoms with E-state index in [0.29, 0.717) is 11.4 Å². The van der Waals surface area contributed by atoms with Crippen LogP contribution in [0.2, 0.25) is 0 Å². The fourth-order valence-electron chi connectivity index (χ4n) is 2.05. The van der Waals surface area contributed by atoms with Gasteiger partial charge >= 0.3 is 10.9 Å². The van der Waals surface area contributed by atoms with Crippen LogP contribution in [0.5, 0.6) is 0 Å². The van der Waals surface area contributed by atoms with Crippen molar-refractivity contribution in [3.63, 3.8) is 0 Å².